The summed E-state index contributed by atoms with van der Waals surface area (Å²) >= 11 is 0. The van der Waals surface area contributed by atoms with E-state index in [0.29, 0.717) is 6.61 Å². The van der Waals surface area contributed by atoms with Gasteiger partial charge in [0.05, 0.1) is 19.1 Å². The van der Waals surface area contributed by atoms with Gasteiger partial charge in [-0.25, -0.2) is 0 Å². The SMILES string of the molecule is COC(=O)Cc1ccc(B2OCC(C)(C)C(C)(C)O2)cc1. The molecule has 1 fully saturated rings. The molecular weight excluding hydrogens is 267 g/mol. The molecule has 1 aromatic rings. The third kappa shape index (κ3) is 3.47. The van der Waals surface area contributed by atoms with E-state index in [1.807, 2.05) is 24.3 Å². The number of ether oxygens (including phenoxy) is 1. The molecule has 0 spiro atoms. The van der Waals surface area contributed by atoms with Crippen LogP contribution in [-0.2, 0) is 25.3 Å². The van der Waals surface area contributed by atoms with Gasteiger partial charge in [-0.2, -0.15) is 0 Å². The number of rotatable bonds is 3. The minimum atomic E-state index is -0.361. The zero-order valence-electron chi connectivity index (χ0n) is 13.4. The molecule has 0 amide bonds. The maximum absolute atomic E-state index is 11.3. The molecule has 0 N–H and O–H groups in total. The van der Waals surface area contributed by atoms with Gasteiger partial charge in [-0.3, -0.25) is 4.79 Å². The molecule has 1 aromatic carbocycles. The molecule has 2 rings (SSSR count). The fourth-order valence-corrected chi connectivity index (χ4v) is 2.11. The predicted octanol–water partition coefficient (Wildman–Crippen LogP) is 1.95. The lowest BCUT2D eigenvalue weighted by Gasteiger charge is -2.47. The van der Waals surface area contributed by atoms with E-state index in [1.165, 1.54) is 7.11 Å². The largest absolute Gasteiger partial charge is 0.494 e. The second kappa shape index (κ2) is 5.81. The summed E-state index contributed by atoms with van der Waals surface area (Å²) in [5, 5.41) is 0. The molecule has 1 heterocycles. The van der Waals surface area contributed by atoms with Crippen molar-refractivity contribution in [3.05, 3.63) is 29.8 Å². The summed E-state index contributed by atoms with van der Waals surface area (Å²) in [4.78, 5) is 11.3. The van der Waals surface area contributed by atoms with E-state index in [1.54, 1.807) is 0 Å². The van der Waals surface area contributed by atoms with Crippen molar-refractivity contribution in [3.63, 3.8) is 0 Å². The van der Waals surface area contributed by atoms with Gasteiger partial charge in [-0.1, -0.05) is 38.1 Å². The molecule has 21 heavy (non-hydrogen) atoms. The first-order chi connectivity index (χ1) is 9.75. The molecule has 0 atom stereocenters. The molecule has 1 saturated heterocycles. The normalized spacial score (nSPS) is 20.1. The Morgan fingerprint density at radius 1 is 1.24 bits per heavy atom. The Kier molecular flexibility index (Phi) is 4.44. The number of benzene rings is 1. The topological polar surface area (TPSA) is 44.8 Å². The van der Waals surface area contributed by atoms with Crippen LogP contribution in [0, 0.1) is 5.41 Å². The van der Waals surface area contributed by atoms with Gasteiger partial charge in [0.1, 0.15) is 0 Å². The van der Waals surface area contributed by atoms with Gasteiger partial charge < -0.3 is 14.0 Å². The highest BCUT2D eigenvalue weighted by Crippen LogP contribution is 2.37. The Morgan fingerprint density at radius 3 is 2.38 bits per heavy atom. The molecule has 0 radical (unpaired) electrons. The monoisotopic (exact) mass is 290 g/mol. The van der Waals surface area contributed by atoms with E-state index in [-0.39, 0.29) is 30.5 Å². The Balaban J connectivity index is 2.08. The smallest absolute Gasteiger partial charge is 0.469 e. The summed E-state index contributed by atoms with van der Waals surface area (Å²) in [6.07, 6.45) is 0.279. The maximum atomic E-state index is 11.3. The summed E-state index contributed by atoms with van der Waals surface area (Å²) in [5.74, 6) is -0.240. The number of carbonyl (C=O) groups excluding carboxylic acids is 1. The van der Waals surface area contributed by atoms with E-state index >= 15 is 0 Å². The predicted molar refractivity (Wildman–Crippen MR) is 82.4 cm³/mol. The van der Waals surface area contributed by atoms with E-state index < -0.39 is 0 Å². The van der Waals surface area contributed by atoms with Gasteiger partial charge in [0.15, 0.2) is 0 Å². The van der Waals surface area contributed by atoms with Crippen LogP contribution in [0.5, 0.6) is 0 Å². The Bertz CT molecular complexity index is 508. The van der Waals surface area contributed by atoms with Crippen molar-refractivity contribution < 1.29 is 18.8 Å². The molecule has 0 aromatic heterocycles. The molecule has 4 nitrogen and oxygen atoms in total. The minimum Gasteiger partial charge on any atom is -0.469 e. The zero-order valence-corrected chi connectivity index (χ0v) is 13.4. The van der Waals surface area contributed by atoms with Crippen LogP contribution in [0.2, 0.25) is 0 Å². The summed E-state index contributed by atoms with van der Waals surface area (Å²) in [6.45, 7) is 9.11. The fourth-order valence-electron chi connectivity index (χ4n) is 2.11. The van der Waals surface area contributed by atoms with Crippen molar-refractivity contribution in [1.29, 1.82) is 0 Å². The lowest BCUT2D eigenvalue weighted by molar-refractivity contribution is -0.139. The van der Waals surface area contributed by atoms with E-state index in [4.69, 9.17) is 9.31 Å². The maximum Gasteiger partial charge on any atom is 0.494 e. The average molecular weight is 290 g/mol. The molecule has 0 saturated carbocycles. The second-order valence-electron chi connectivity index (χ2n) is 6.65. The van der Waals surface area contributed by atoms with E-state index in [0.717, 1.165) is 11.0 Å². The number of esters is 1. The van der Waals surface area contributed by atoms with Crippen molar-refractivity contribution in [2.24, 2.45) is 5.41 Å². The third-order valence-corrected chi connectivity index (χ3v) is 4.46. The molecule has 0 aliphatic carbocycles. The van der Waals surface area contributed by atoms with Crippen molar-refractivity contribution in [2.75, 3.05) is 13.7 Å². The van der Waals surface area contributed by atoms with Crippen molar-refractivity contribution in [3.8, 4) is 0 Å². The Labute approximate surface area is 126 Å². The van der Waals surface area contributed by atoms with Gasteiger partial charge in [-0.15, -0.1) is 0 Å². The number of hydrogen-bond donors (Lipinski definition) is 0. The van der Waals surface area contributed by atoms with Gasteiger partial charge in [0.25, 0.3) is 0 Å². The lowest BCUT2D eigenvalue weighted by atomic mass is 9.69. The second-order valence-corrected chi connectivity index (χ2v) is 6.65. The van der Waals surface area contributed by atoms with Crippen molar-refractivity contribution >= 4 is 18.6 Å². The molecule has 0 bridgehead atoms. The number of hydrogen-bond acceptors (Lipinski definition) is 4. The van der Waals surface area contributed by atoms with E-state index in [2.05, 4.69) is 32.4 Å². The zero-order chi connectivity index (χ0) is 15.7. The third-order valence-electron chi connectivity index (χ3n) is 4.46. The van der Waals surface area contributed by atoms with Crippen LogP contribution in [0.15, 0.2) is 24.3 Å². The Hall–Kier alpha value is -1.33. The highest BCUT2D eigenvalue weighted by Gasteiger charge is 2.46. The van der Waals surface area contributed by atoms with Gasteiger partial charge in [0.2, 0.25) is 0 Å². The average Bonchev–Trinajstić information content (AvgIpc) is 2.43. The quantitative estimate of drug-likeness (QED) is 0.630. The summed E-state index contributed by atoms with van der Waals surface area (Å²) in [6, 6.07) is 7.70. The molecule has 0 unspecified atom stereocenters. The van der Waals surface area contributed by atoms with E-state index in [9.17, 15) is 4.79 Å². The van der Waals surface area contributed by atoms with Gasteiger partial charge >= 0.3 is 13.1 Å². The first-order valence-corrected chi connectivity index (χ1v) is 7.20. The van der Waals surface area contributed by atoms with Crippen LogP contribution in [0.3, 0.4) is 0 Å². The van der Waals surface area contributed by atoms with Crippen LogP contribution in [-0.4, -0.2) is 32.4 Å². The molecule has 1 aliphatic heterocycles. The molecule has 1 aliphatic rings. The summed E-state index contributed by atoms with van der Waals surface area (Å²) in [7, 11) is 1.03. The van der Waals surface area contributed by atoms with Gasteiger partial charge in [0, 0.05) is 12.0 Å². The standard InChI is InChI=1S/C16H23BO4/c1-15(2)11-20-17(21-16(15,3)4)13-8-6-12(7-9-13)10-14(18)19-5/h6-9H,10-11H2,1-5H3. The van der Waals surface area contributed by atoms with Crippen LogP contribution < -0.4 is 5.46 Å². The van der Waals surface area contributed by atoms with Crippen molar-refractivity contribution in [1.82, 2.24) is 0 Å². The van der Waals surface area contributed by atoms with Crippen LogP contribution >= 0.6 is 0 Å². The molecule has 5 heteroatoms. The lowest BCUT2D eigenvalue weighted by Crippen LogP contribution is -2.58. The van der Waals surface area contributed by atoms with Crippen molar-refractivity contribution in [2.45, 2.75) is 39.7 Å². The number of carbonyl (C=O) groups is 1. The first-order valence-electron chi connectivity index (χ1n) is 7.20. The van der Waals surface area contributed by atoms with Crippen LogP contribution in [0.4, 0.5) is 0 Å². The first kappa shape index (κ1) is 16.1. The highest BCUT2D eigenvalue weighted by atomic mass is 16.6. The summed E-state index contributed by atoms with van der Waals surface area (Å²) < 4.78 is 16.6. The molecule has 114 valence electrons. The Morgan fingerprint density at radius 2 is 1.86 bits per heavy atom. The fraction of sp³-hybridized carbons (Fsp3) is 0.562. The minimum absolute atomic E-state index is 0.0334. The van der Waals surface area contributed by atoms with Gasteiger partial charge in [-0.05, 0) is 24.9 Å². The van der Waals surface area contributed by atoms with Crippen LogP contribution in [0.1, 0.15) is 33.3 Å². The molecular formula is C16H23BO4. The number of methoxy groups -OCH3 is 1. The van der Waals surface area contributed by atoms with Crippen LogP contribution in [0.25, 0.3) is 0 Å². The summed E-state index contributed by atoms with van der Waals surface area (Å²) in [5.41, 5.74) is 1.59. The highest BCUT2D eigenvalue weighted by molar-refractivity contribution is 6.61.